The first-order chi connectivity index (χ1) is 13.3. The predicted molar refractivity (Wildman–Crippen MR) is 111 cm³/mol. The van der Waals surface area contributed by atoms with Gasteiger partial charge in [-0.1, -0.05) is 12.1 Å². The number of hydrazone groups is 1. The van der Waals surface area contributed by atoms with Crippen LogP contribution in [0.4, 0.5) is 0 Å². The number of hydrogen-bond acceptors (Lipinski definition) is 7. The molecular formula is C18H20ClN5O4S. The number of benzene rings is 2. The number of nitrogens with one attached hydrogen (secondary N) is 2. The number of ether oxygens (including phenoxy) is 1. The lowest BCUT2D eigenvalue weighted by molar-refractivity contribution is 0.329. The summed E-state index contributed by atoms with van der Waals surface area (Å²) in [5.74, 6) is 0.234. The standard InChI is InChI=1S/C18H19N5O4S.ClH/c1-13-9-15(26-8-4-7-22-23-18(20)21)11-16(10-13)27-28(24,25)17-6-3-2-5-14(17)12-19;/h2-3,5-7,9-11H,4,8H2,1H3,(H4,20,21,23);1H/b22-7-;. The molecule has 0 aromatic heterocycles. The van der Waals surface area contributed by atoms with Crippen LogP contribution in [0.5, 0.6) is 11.5 Å². The Bertz CT molecular complexity index is 1030. The maximum absolute atomic E-state index is 12.5. The molecule has 154 valence electrons. The lowest BCUT2D eigenvalue weighted by Crippen LogP contribution is -2.25. The Morgan fingerprint density at radius 3 is 2.69 bits per heavy atom. The van der Waals surface area contributed by atoms with Crippen LogP contribution in [0.1, 0.15) is 17.5 Å². The van der Waals surface area contributed by atoms with Crippen molar-refractivity contribution in [2.45, 2.75) is 18.2 Å². The van der Waals surface area contributed by atoms with E-state index in [4.69, 9.17) is 25.3 Å². The number of nitrogens with zero attached hydrogens (tertiary/aromatic N) is 2. The van der Waals surface area contributed by atoms with Crippen molar-refractivity contribution in [2.24, 2.45) is 10.8 Å². The van der Waals surface area contributed by atoms with Crippen molar-refractivity contribution >= 4 is 34.7 Å². The van der Waals surface area contributed by atoms with Gasteiger partial charge >= 0.3 is 10.1 Å². The summed E-state index contributed by atoms with van der Waals surface area (Å²) in [6, 6.07) is 12.4. The Hall–Kier alpha value is -3.29. The van der Waals surface area contributed by atoms with Crippen molar-refractivity contribution in [1.29, 1.82) is 10.7 Å². The van der Waals surface area contributed by atoms with E-state index in [9.17, 15) is 8.42 Å². The third-order valence-electron chi connectivity index (χ3n) is 3.30. The van der Waals surface area contributed by atoms with E-state index < -0.39 is 10.1 Å². The molecule has 0 saturated carbocycles. The van der Waals surface area contributed by atoms with Gasteiger partial charge in [0.1, 0.15) is 22.5 Å². The Labute approximate surface area is 175 Å². The van der Waals surface area contributed by atoms with Gasteiger partial charge in [-0.3, -0.25) is 5.41 Å². The molecule has 0 aliphatic rings. The lowest BCUT2D eigenvalue weighted by Gasteiger charge is -2.11. The molecule has 2 aromatic rings. The second-order valence-electron chi connectivity index (χ2n) is 5.60. The molecule has 0 saturated heterocycles. The highest BCUT2D eigenvalue weighted by atomic mass is 35.5. The highest BCUT2D eigenvalue weighted by molar-refractivity contribution is 7.87. The number of hydrogen-bond donors (Lipinski definition) is 3. The second-order valence-corrected chi connectivity index (χ2v) is 7.12. The number of guanidine groups is 1. The van der Waals surface area contributed by atoms with E-state index in [0.717, 1.165) is 5.56 Å². The van der Waals surface area contributed by atoms with E-state index in [1.54, 1.807) is 25.1 Å². The Morgan fingerprint density at radius 1 is 1.31 bits per heavy atom. The van der Waals surface area contributed by atoms with E-state index >= 15 is 0 Å². The molecule has 0 atom stereocenters. The first-order valence-electron chi connectivity index (χ1n) is 8.11. The molecule has 0 amide bonds. The van der Waals surface area contributed by atoms with Gasteiger partial charge in [-0.05, 0) is 36.8 Å². The van der Waals surface area contributed by atoms with Gasteiger partial charge in [-0.15, -0.1) is 12.4 Å². The van der Waals surface area contributed by atoms with Gasteiger partial charge in [0.2, 0.25) is 5.96 Å². The van der Waals surface area contributed by atoms with Crippen molar-refractivity contribution in [3.8, 4) is 17.6 Å². The molecule has 0 heterocycles. The maximum Gasteiger partial charge on any atom is 0.340 e. The fourth-order valence-electron chi connectivity index (χ4n) is 2.20. The molecule has 2 aromatic carbocycles. The largest absolute Gasteiger partial charge is 0.493 e. The van der Waals surface area contributed by atoms with Crippen LogP contribution in [0.25, 0.3) is 0 Å². The van der Waals surface area contributed by atoms with Crippen LogP contribution in [-0.2, 0) is 10.1 Å². The van der Waals surface area contributed by atoms with Crippen molar-refractivity contribution in [1.82, 2.24) is 5.43 Å². The fraction of sp³-hybridized carbons (Fsp3) is 0.167. The lowest BCUT2D eigenvalue weighted by atomic mass is 10.2. The molecule has 0 aliphatic heterocycles. The van der Waals surface area contributed by atoms with E-state index in [1.807, 2.05) is 6.07 Å². The molecule has 0 bridgehead atoms. The first-order valence-corrected chi connectivity index (χ1v) is 9.52. The van der Waals surface area contributed by atoms with Crippen LogP contribution in [-0.4, -0.2) is 27.2 Å². The minimum absolute atomic E-state index is 0. The zero-order valence-corrected chi connectivity index (χ0v) is 17.1. The summed E-state index contributed by atoms with van der Waals surface area (Å²) >= 11 is 0. The van der Waals surface area contributed by atoms with Crippen molar-refractivity contribution < 1.29 is 17.3 Å². The highest BCUT2D eigenvalue weighted by Gasteiger charge is 2.21. The zero-order valence-electron chi connectivity index (χ0n) is 15.5. The van der Waals surface area contributed by atoms with E-state index in [2.05, 4.69) is 10.5 Å². The minimum Gasteiger partial charge on any atom is -0.493 e. The zero-order chi connectivity index (χ0) is 20.6. The fourth-order valence-corrected chi connectivity index (χ4v) is 3.27. The molecule has 9 nitrogen and oxygen atoms in total. The van der Waals surface area contributed by atoms with Gasteiger partial charge < -0.3 is 14.7 Å². The quantitative estimate of drug-likeness (QED) is 0.188. The maximum atomic E-state index is 12.5. The van der Waals surface area contributed by atoms with Crippen molar-refractivity contribution in [3.05, 3.63) is 53.6 Å². The third kappa shape index (κ3) is 7.33. The number of halogens is 1. The monoisotopic (exact) mass is 437 g/mol. The van der Waals surface area contributed by atoms with Crippen LogP contribution < -0.4 is 20.1 Å². The second kappa shape index (κ2) is 10.9. The number of nitrogens with two attached hydrogens (primary N) is 1. The van der Waals surface area contributed by atoms with Crippen LogP contribution in [0.3, 0.4) is 0 Å². The van der Waals surface area contributed by atoms with Crippen LogP contribution in [0, 0.1) is 23.7 Å². The Kier molecular flexibility index (Phi) is 8.92. The summed E-state index contributed by atoms with van der Waals surface area (Å²) in [6.45, 7) is 2.05. The summed E-state index contributed by atoms with van der Waals surface area (Å²) in [4.78, 5) is -0.198. The topological polar surface area (TPSA) is 151 Å². The Morgan fingerprint density at radius 2 is 2.00 bits per heavy atom. The normalized spacial score (nSPS) is 10.6. The van der Waals surface area contributed by atoms with Crippen LogP contribution in [0.15, 0.2) is 52.5 Å². The molecule has 0 aliphatic carbocycles. The van der Waals surface area contributed by atoms with Gasteiger partial charge in [0.05, 0.1) is 12.2 Å². The van der Waals surface area contributed by atoms with Crippen molar-refractivity contribution in [3.63, 3.8) is 0 Å². The average molecular weight is 438 g/mol. The molecule has 0 unspecified atom stereocenters. The first kappa shape index (κ1) is 23.7. The smallest absolute Gasteiger partial charge is 0.340 e. The Balaban J connectivity index is 0.00000420. The molecule has 11 heteroatoms. The SMILES string of the molecule is Cc1cc(OCC/C=N\NC(=N)N)cc(OS(=O)(=O)c2ccccc2C#N)c1.Cl. The van der Waals surface area contributed by atoms with Gasteiger partial charge in [-0.25, -0.2) is 5.43 Å². The molecule has 0 radical (unpaired) electrons. The van der Waals surface area contributed by atoms with E-state index in [-0.39, 0.29) is 41.2 Å². The van der Waals surface area contributed by atoms with Gasteiger partial charge in [-0.2, -0.15) is 18.8 Å². The number of aryl methyl sites for hydroxylation is 1. The summed E-state index contributed by atoms with van der Waals surface area (Å²) in [7, 11) is -4.17. The average Bonchev–Trinajstić information content (AvgIpc) is 2.63. The molecular weight excluding hydrogens is 418 g/mol. The molecule has 4 N–H and O–H groups in total. The van der Waals surface area contributed by atoms with Gasteiger partial charge in [0.15, 0.2) is 0 Å². The molecule has 29 heavy (non-hydrogen) atoms. The summed E-state index contributed by atoms with van der Waals surface area (Å²) in [5, 5.41) is 19.8. The predicted octanol–water partition coefficient (Wildman–Crippen LogP) is 2.29. The summed E-state index contributed by atoms with van der Waals surface area (Å²) in [6.07, 6.45) is 1.94. The molecule has 0 fully saturated rings. The highest BCUT2D eigenvalue weighted by Crippen LogP contribution is 2.26. The summed E-state index contributed by atoms with van der Waals surface area (Å²) in [5.41, 5.74) is 8.11. The van der Waals surface area contributed by atoms with E-state index in [0.29, 0.717) is 12.2 Å². The number of nitriles is 1. The van der Waals surface area contributed by atoms with Crippen LogP contribution >= 0.6 is 12.4 Å². The third-order valence-corrected chi connectivity index (χ3v) is 4.61. The van der Waals surface area contributed by atoms with Crippen LogP contribution in [0.2, 0.25) is 0 Å². The summed E-state index contributed by atoms with van der Waals surface area (Å²) < 4.78 is 35.8. The molecule has 0 spiro atoms. The number of rotatable bonds is 8. The minimum atomic E-state index is -4.17. The molecule has 2 rings (SSSR count). The van der Waals surface area contributed by atoms with Gasteiger partial charge in [0.25, 0.3) is 0 Å². The van der Waals surface area contributed by atoms with E-state index in [1.165, 1.54) is 30.5 Å². The van der Waals surface area contributed by atoms with Gasteiger partial charge in [0, 0.05) is 18.7 Å². The van der Waals surface area contributed by atoms with Crippen molar-refractivity contribution in [2.75, 3.05) is 6.61 Å².